The summed E-state index contributed by atoms with van der Waals surface area (Å²) in [5, 5.41) is 16.9. The van der Waals surface area contributed by atoms with Crippen molar-refractivity contribution in [2.75, 3.05) is 5.75 Å². The van der Waals surface area contributed by atoms with Crippen LogP contribution in [-0.4, -0.2) is 36.6 Å². The summed E-state index contributed by atoms with van der Waals surface area (Å²) in [7, 11) is 0. The fraction of sp³-hybridized carbons (Fsp3) is 0.273. The molecule has 0 amide bonds. The molecule has 0 aliphatic carbocycles. The molecule has 2 rings (SSSR count). The molecule has 0 bridgehead atoms. The van der Waals surface area contributed by atoms with E-state index in [1.54, 1.807) is 17.1 Å². The maximum absolute atomic E-state index is 10.5. The van der Waals surface area contributed by atoms with Gasteiger partial charge in [0.25, 0.3) is 0 Å². The van der Waals surface area contributed by atoms with E-state index in [4.69, 9.17) is 5.11 Å². The molecular formula is C11H12N4O2S. The van der Waals surface area contributed by atoms with Gasteiger partial charge in [0.2, 0.25) is 0 Å². The molecule has 0 aliphatic rings. The van der Waals surface area contributed by atoms with E-state index in [-0.39, 0.29) is 5.75 Å². The highest BCUT2D eigenvalue weighted by atomic mass is 32.2. The molecule has 0 saturated heterocycles. The molecule has 2 aromatic heterocycles. The van der Waals surface area contributed by atoms with Crippen LogP contribution in [0.1, 0.15) is 11.3 Å². The maximum Gasteiger partial charge on any atom is 0.313 e. The molecule has 0 spiro atoms. The normalized spacial score (nSPS) is 10.5. The Morgan fingerprint density at radius 3 is 3.11 bits per heavy atom. The van der Waals surface area contributed by atoms with Crippen molar-refractivity contribution < 1.29 is 9.90 Å². The van der Waals surface area contributed by atoms with Gasteiger partial charge in [-0.3, -0.25) is 9.78 Å². The van der Waals surface area contributed by atoms with Crippen LogP contribution in [0.3, 0.4) is 0 Å². The largest absolute Gasteiger partial charge is 0.481 e. The number of pyridine rings is 1. The second-order valence-electron chi connectivity index (χ2n) is 3.69. The summed E-state index contributed by atoms with van der Waals surface area (Å²) in [6.45, 7) is 2.53. The quantitative estimate of drug-likeness (QED) is 0.817. The lowest BCUT2D eigenvalue weighted by atomic mass is 10.2. The van der Waals surface area contributed by atoms with Crippen molar-refractivity contribution in [3.8, 4) is 0 Å². The van der Waals surface area contributed by atoms with Crippen molar-refractivity contribution in [2.24, 2.45) is 0 Å². The molecule has 0 saturated carbocycles. The van der Waals surface area contributed by atoms with E-state index in [0.717, 1.165) is 23.0 Å². The van der Waals surface area contributed by atoms with Crippen LogP contribution >= 0.6 is 11.8 Å². The highest BCUT2D eigenvalue weighted by molar-refractivity contribution is 7.99. The number of carbonyl (C=O) groups is 1. The van der Waals surface area contributed by atoms with Gasteiger partial charge in [-0.15, -0.1) is 10.2 Å². The second-order valence-corrected chi connectivity index (χ2v) is 4.63. The molecule has 6 nitrogen and oxygen atoms in total. The molecule has 0 aliphatic heterocycles. The number of rotatable bonds is 5. The number of aliphatic carboxylic acids is 1. The van der Waals surface area contributed by atoms with Crippen molar-refractivity contribution in [1.82, 2.24) is 19.7 Å². The Hall–Kier alpha value is -1.89. The fourth-order valence-corrected chi connectivity index (χ4v) is 2.07. The van der Waals surface area contributed by atoms with Crippen LogP contribution in [-0.2, 0) is 11.3 Å². The molecule has 0 fully saturated rings. The molecule has 0 aromatic carbocycles. The lowest BCUT2D eigenvalue weighted by Gasteiger charge is -2.07. The molecule has 0 atom stereocenters. The third-order valence-electron chi connectivity index (χ3n) is 2.34. The molecule has 1 N–H and O–H groups in total. The molecule has 18 heavy (non-hydrogen) atoms. The highest BCUT2D eigenvalue weighted by Crippen LogP contribution is 2.16. The van der Waals surface area contributed by atoms with Crippen molar-refractivity contribution in [3.63, 3.8) is 0 Å². The number of aryl methyl sites for hydroxylation is 1. The van der Waals surface area contributed by atoms with E-state index in [0.29, 0.717) is 11.7 Å². The number of hydrogen-bond acceptors (Lipinski definition) is 5. The van der Waals surface area contributed by atoms with Crippen molar-refractivity contribution >= 4 is 17.7 Å². The SMILES string of the molecule is Cc1cccnc1Cn1cnnc1SCC(=O)O. The van der Waals surface area contributed by atoms with Gasteiger partial charge in [-0.25, -0.2) is 0 Å². The minimum absolute atomic E-state index is 0.0279. The number of carboxylic acid groups (broad SMARTS) is 1. The Balaban J connectivity index is 2.12. The Kier molecular flexibility index (Phi) is 3.93. The summed E-state index contributed by atoms with van der Waals surface area (Å²) in [4.78, 5) is 14.8. The molecule has 0 unspecified atom stereocenters. The Labute approximate surface area is 108 Å². The number of thioether (sulfide) groups is 1. The summed E-state index contributed by atoms with van der Waals surface area (Å²) in [5.74, 6) is -0.900. The molecule has 2 aromatic rings. The van der Waals surface area contributed by atoms with Gasteiger partial charge in [0.1, 0.15) is 6.33 Å². The van der Waals surface area contributed by atoms with Gasteiger partial charge in [0.15, 0.2) is 5.16 Å². The zero-order valence-corrected chi connectivity index (χ0v) is 10.6. The van der Waals surface area contributed by atoms with E-state index >= 15 is 0 Å². The predicted octanol–water partition coefficient (Wildman–Crippen LogP) is 1.21. The van der Waals surface area contributed by atoms with Gasteiger partial charge in [0.05, 0.1) is 18.0 Å². The fourth-order valence-electron chi connectivity index (χ4n) is 1.44. The number of nitrogens with zero attached hydrogens (tertiary/aromatic N) is 4. The van der Waals surface area contributed by atoms with Crippen molar-refractivity contribution in [2.45, 2.75) is 18.6 Å². The summed E-state index contributed by atoms with van der Waals surface area (Å²) >= 11 is 1.15. The first-order valence-corrected chi connectivity index (χ1v) is 6.28. The molecule has 2 heterocycles. The predicted molar refractivity (Wildman–Crippen MR) is 66.5 cm³/mol. The van der Waals surface area contributed by atoms with Crippen LogP contribution in [0.4, 0.5) is 0 Å². The van der Waals surface area contributed by atoms with Gasteiger partial charge in [-0.05, 0) is 18.6 Å². The molecule has 0 radical (unpaired) electrons. The van der Waals surface area contributed by atoms with Gasteiger partial charge >= 0.3 is 5.97 Å². The van der Waals surface area contributed by atoms with E-state index < -0.39 is 5.97 Å². The Morgan fingerprint density at radius 1 is 1.56 bits per heavy atom. The lowest BCUT2D eigenvalue weighted by Crippen LogP contribution is -2.06. The van der Waals surface area contributed by atoms with Gasteiger partial charge in [-0.1, -0.05) is 17.8 Å². The van der Waals surface area contributed by atoms with Crippen LogP contribution in [0.2, 0.25) is 0 Å². The number of carboxylic acids is 1. The minimum Gasteiger partial charge on any atom is -0.481 e. The first-order chi connectivity index (χ1) is 8.66. The van der Waals surface area contributed by atoms with Crippen LogP contribution < -0.4 is 0 Å². The Bertz CT molecular complexity index is 555. The lowest BCUT2D eigenvalue weighted by molar-refractivity contribution is -0.133. The van der Waals surface area contributed by atoms with Crippen molar-refractivity contribution in [1.29, 1.82) is 0 Å². The van der Waals surface area contributed by atoms with Crippen molar-refractivity contribution in [3.05, 3.63) is 35.9 Å². The first kappa shape index (κ1) is 12.6. The topological polar surface area (TPSA) is 80.9 Å². The first-order valence-electron chi connectivity index (χ1n) is 5.29. The average Bonchev–Trinajstić information content (AvgIpc) is 2.77. The number of aromatic nitrogens is 4. The second kappa shape index (κ2) is 5.63. The highest BCUT2D eigenvalue weighted by Gasteiger charge is 2.09. The molecule has 7 heteroatoms. The van der Waals surface area contributed by atoms with E-state index in [1.165, 1.54) is 0 Å². The van der Waals surface area contributed by atoms with Crippen LogP contribution in [0.5, 0.6) is 0 Å². The summed E-state index contributed by atoms with van der Waals surface area (Å²) in [6, 6.07) is 3.86. The third-order valence-corrected chi connectivity index (χ3v) is 3.31. The molecule has 94 valence electrons. The molecular weight excluding hydrogens is 252 g/mol. The summed E-state index contributed by atoms with van der Waals surface area (Å²) in [5.41, 5.74) is 2.01. The van der Waals surface area contributed by atoms with Gasteiger partial charge < -0.3 is 9.67 Å². The van der Waals surface area contributed by atoms with Crippen LogP contribution in [0.15, 0.2) is 29.8 Å². The standard InChI is InChI=1S/C11H12N4O2S/c1-8-3-2-4-12-9(8)5-15-7-13-14-11(15)18-6-10(16)17/h2-4,7H,5-6H2,1H3,(H,16,17). The smallest absolute Gasteiger partial charge is 0.313 e. The zero-order valence-electron chi connectivity index (χ0n) is 9.78. The van der Waals surface area contributed by atoms with Crippen LogP contribution in [0.25, 0.3) is 0 Å². The van der Waals surface area contributed by atoms with E-state index in [2.05, 4.69) is 15.2 Å². The third kappa shape index (κ3) is 3.07. The average molecular weight is 264 g/mol. The zero-order chi connectivity index (χ0) is 13.0. The monoisotopic (exact) mass is 264 g/mol. The maximum atomic E-state index is 10.5. The summed E-state index contributed by atoms with van der Waals surface area (Å²) in [6.07, 6.45) is 3.31. The van der Waals surface area contributed by atoms with E-state index in [1.807, 2.05) is 19.1 Å². The van der Waals surface area contributed by atoms with Crippen LogP contribution in [0, 0.1) is 6.92 Å². The Morgan fingerprint density at radius 2 is 2.39 bits per heavy atom. The number of hydrogen-bond donors (Lipinski definition) is 1. The van der Waals surface area contributed by atoms with E-state index in [9.17, 15) is 4.79 Å². The van der Waals surface area contributed by atoms with Gasteiger partial charge in [0, 0.05) is 6.20 Å². The van der Waals surface area contributed by atoms with Gasteiger partial charge in [-0.2, -0.15) is 0 Å². The minimum atomic E-state index is -0.872. The summed E-state index contributed by atoms with van der Waals surface area (Å²) < 4.78 is 1.79.